The van der Waals surface area contributed by atoms with Crippen molar-refractivity contribution in [3.8, 4) is 0 Å². The number of aromatic nitrogens is 4. The molecule has 26 heavy (non-hydrogen) atoms. The van der Waals surface area contributed by atoms with Crippen LogP contribution in [0.25, 0.3) is 11.2 Å². The van der Waals surface area contributed by atoms with E-state index in [0.717, 1.165) is 12.8 Å². The number of nitrogen functional groups attached to an aromatic ring is 1. The summed E-state index contributed by atoms with van der Waals surface area (Å²) in [7, 11) is 0. The molecule has 7 N–H and O–H groups in total. The molecule has 0 spiro atoms. The average molecular weight is 366 g/mol. The summed E-state index contributed by atoms with van der Waals surface area (Å²) in [5.41, 5.74) is 6.67. The number of rotatable bonds is 4. The lowest BCUT2D eigenvalue weighted by atomic mass is 10.1. The second-order valence-corrected chi connectivity index (χ2v) is 6.79. The first-order valence-electron chi connectivity index (χ1n) is 8.55. The van der Waals surface area contributed by atoms with E-state index in [1.54, 1.807) is 0 Å². The van der Waals surface area contributed by atoms with Gasteiger partial charge in [0.1, 0.15) is 23.8 Å². The van der Waals surface area contributed by atoms with Crippen LogP contribution in [-0.2, 0) is 4.74 Å². The van der Waals surface area contributed by atoms with Crippen LogP contribution in [0.3, 0.4) is 0 Å². The molecule has 2 aromatic rings. The van der Waals surface area contributed by atoms with Crippen molar-refractivity contribution in [2.75, 3.05) is 17.7 Å². The Balaban J connectivity index is 1.66. The highest BCUT2D eigenvalue weighted by atomic mass is 16.6. The minimum atomic E-state index is -1.25. The number of anilines is 2. The van der Waals surface area contributed by atoms with Gasteiger partial charge < -0.3 is 36.2 Å². The van der Waals surface area contributed by atoms with Crippen LogP contribution in [0.1, 0.15) is 25.5 Å². The van der Waals surface area contributed by atoms with E-state index in [2.05, 4.69) is 20.3 Å². The topological polar surface area (TPSA) is 172 Å². The van der Waals surface area contributed by atoms with Crippen molar-refractivity contribution >= 4 is 22.9 Å². The molecule has 2 fully saturated rings. The number of aliphatic hydroxyl groups excluding tert-OH is 4. The number of fused-ring (bicyclic) bond motifs is 1. The second kappa shape index (κ2) is 6.59. The molecule has 0 amide bonds. The summed E-state index contributed by atoms with van der Waals surface area (Å²) in [6.45, 7) is -0.421. The largest absolute Gasteiger partial charge is 0.394 e. The van der Waals surface area contributed by atoms with Crippen molar-refractivity contribution in [3.05, 3.63) is 6.33 Å². The van der Waals surface area contributed by atoms with E-state index in [9.17, 15) is 20.4 Å². The van der Waals surface area contributed by atoms with Crippen molar-refractivity contribution in [2.45, 2.75) is 55.9 Å². The van der Waals surface area contributed by atoms with Crippen LogP contribution >= 0.6 is 0 Å². The Hall–Kier alpha value is -2.05. The van der Waals surface area contributed by atoms with Crippen molar-refractivity contribution < 1.29 is 25.2 Å². The molecule has 11 heteroatoms. The third kappa shape index (κ3) is 2.87. The molecular formula is C15H22N6O5. The second-order valence-electron chi connectivity index (χ2n) is 6.79. The first kappa shape index (κ1) is 17.4. The molecule has 1 aliphatic carbocycles. The minimum Gasteiger partial charge on any atom is -0.394 e. The van der Waals surface area contributed by atoms with E-state index in [1.807, 2.05) is 0 Å². The number of hydrogen-bond acceptors (Lipinski definition) is 10. The molecule has 3 heterocycles. The summed E-state index contributed by atoms with van der Waals surface area (Å²) in [6.07, 6.45) is -1.13. The number of ether oxygens (including phenoxy) is 1. The van der Waals surface area contributed by atoms with Crippen molar-refractivity contribution in [1.29, 1.82) is 0 Å². The summed E-state index contributed by atoms with van der Waals surface area (Å²) < 4.78 is 7.00. The van der Waals surface area contributed by atoms with Crippen LogP contribution in [0.4, 0.5) is 11.8 Å². The highest BCUT2D eigenvalue weighted by Crippen LogP contribution is 2.32. The number of nitrogens with one attached hydrogen (secondary N) is 1. The summed E-state index contributed by atoms with van der Waals surface area (Å²) in [5.74, 6) is 0.462. The lowest BCUT2D eigenvalue weighted by Gasteiger charge is -2.17. The van der Waals surface area contributed by atoms with Crippen LogP contribution < -0.4 is 11.1 Å². The highest BCUT2D eigenvalue weighted by Gasteiger charge is 2.44. The molecule has 1 saturated carbocycles. The van der Waals surface area contributed by atoms with Gasteiger partial charge in [-0.25, -0.2) is 4.98 Å². The lowest BCUT2D eigenvalue weighted by Crippen LogP contribution is -2.33. The van der Waals surface area contributed by atoms with Gasteiger partial charge in [0.25, 0.3) is 0 Å². The molecule has 0 unspecified atom stereocenters. The SMILES string of the molecule is Nc1nc(N[C@@H]2CC[C@H](O)C2)nc2c1ncn2[C@@H]1O[C@H](CO)[C@@H](O)[C@H]1O. The first-order valence-corrected chi connectivity index (χ1v) is 8.55. The summed E-state index contributed by atoms with van der Waals surface area (Å²) >= 11 is 0. The van der Waals surface area contributed by atoms with Crippen molar-refractivity contribution in [3.63, 3.8) is 0 Å². The van der Waals surface area contributed by atoms with Crippen LogP contribution in [0.5, 0.6) is 0 Å². The standard InChI is InChI=1S/C15H22N6O5/c16-12-9-13(20-15(19-12)18-6-1-2-7(23)3-6)21(5-17-9)14-11(25)10(24)8(4-22)26-14/h5-8,10-11,14,22-25H,1-4H2,(H3,16,18,19,20)/t6-,7+,8-,10-,11-,14-/m1/s1. The zero-order chi connectivity index (χ0) is 18.4. The third-order valence-electron chi connectivity index (χ3n) is 4.98. The maximum Gasteiger partial charge on any atom is 0.226 e. The van der Waals surface area contributed by atoms with Gasteiger partial charge in [-0.15, -0.1) is 0 Å². The number of imidazole rings is 1. The number of nitrogens with two attached hydrogens (primary N) is 1. The molecule has 11 nitrogen and oxygen atoms in total. The minimum absolute atomic E-state index is 0.0483. The van der Waals surface area contributed by atoms with Crippen LogP contribution in [0.2, 0.25) is 0 Å². The van der Waals surface area contributed by atoms with E-state index in [-0.39, 0.29) is 18.0 Å². The molecule has 0 bridgehead atoms. The van der Waals surface area contributed by atoms with Gasteiger partial charge in [-0.2, -0.15) is 9.97 Å². The van der Waals surface area contributed by atoms with Crippen LogP contribution in [0.15, 0.2) is 6.33 Å². The van der Waals surface area contributed by atoms with Gasteiger partial charge in [-0.3, -0.25) is 4.57 Å². The molecule has 142 valence electrons. The van der Waals surface area contributed by atoms with Gasteiger partial charge in [-0.05, 0) is 19.3 Å². The van der Waals surface area contributed by atoms with Gasteiger partial charge in [0.2, 0.25) is 5.95 Å². The monoisotopic (exact) mass is 366 g/mol. The summed E-state index contributed by atoms with van der Waals surface area (Å²) in [5, 5.41) is 42.3. The summed E-state index contributed by atoms with van der Waals surface area (Å²) in [4.78, 5) is 12.8. The molecule has 1 aliphatic heterocycles. The Labute approximate surface area is 148 Å². The van der Waals surface area contributed by atoms with E-state index >= 15 is 0 Å². The molecule has 2 aromatic heterocycles. The molecule has 2 aliphatic rings. The fourth-order valence-corrected chi connectivity index (χ4v) is 3.57. The van der Waals surface area contributed by atoms with Gasteiger partial charge in [0.15, 0.2) is 17.7 Å². The van der Waals surface area contributed by atoms with E-state index in [1.165, 1.54) is 10.9 Å². The Morgan fingerprint density at radius 1 is 1.23 bits per heavy atom. The van der Waals surface area contributed by atoms with E-state index < -0.39 is 31.1 Å². The number of aliphatic hydroxyl groups is 4. The zero-order valence-electron chi connectivity index (χ0n) is 13.9. The maximum absolute atomic E-state index is 10.2. The highest BCUT2D eigenvalue weighted by molar-refractivity contribution is 5.83. The smallest absolute Gasteiger partial charge is 0.226 e. The molecule has 0 aromatic carbocycles. The Kier molecular flexibility index (Phi) is 4.40. The summed E-state index contributed by atoms with van der Waals surface area (Å²) in [6, 6.07) is 0.0483. The van der Waals surface area contributed by atoms with Crippen molar-refractivity contribution in [2.24, 2.45) is 0 Å². The van der Waals surface area contributed by atoms with Gasteiger partial charge in [0.05, 0.1) is 19.0 Å². The Bertz CT molecular complexity index is 800. The zero-order valence-corrected chi connectivity index (χ0v) is 13.9. The average Bonchev–Trinajstić information content (AvgIpc) is 3.28. The number of hydrogen-bond donors (Lipinski definition) is 6. The van der Waals surface area contributed by atoms with Crippen LogP contribution in [0, 0.1) is 0 Å². The van der Waals surface area contributed by atoms with E-state index in [4.69, 9.17) is 10.5 Å². The maximum atomic E-state index is 10.2. The fraction of sp³-hybridized carbons (Fsp3) is 0.667. The predicted octanol–water partition coefficient (Wildman–Crippen LogP) is -1.65. The molecular weight excluding hydrogens is 344 g/mol. The van der Waals surface area contributed by atoms with Gasteiger partial charge >= 0.3 is 0 Å². The van der Waals surface area contributed by atoms with Gasteiger partial charge in [-0.1, -0.05) is 0 Å². The molecule has 6 atom stereocenters. The Morgan fingerprint density at radius 2 is 2.04 bits per heavy atom. The fourth-order valence-electron chi connectivity index (χ4n) is 3.57. The van der Waals surface area contributed by atoms with Gasteiger partial charge in [0, 0.05) is 6.04 Å². The van der Waals surface area contributed by atoms with Crippen LogP contribution in [-0.4, -0.2) is 77.0 Å². The molecule has 4 rings (SSSR count). The quantitative estimate of drug-likeness (QED) is 0.368. The molecule has 1 saturated heterocycles. The first-order chi connectivity index (χ1) is 12.5. The van der Waals surface area contributed by atoms with Crippen molar-refractivity contribution in [1.82, 2.24) is 19.5 Å². The predicted molar refractivity (Wildman–Crippen MR) is 90.0 cm³/mol. The third-order valence-corrected chi connectivity index (χ3v) is 4.98. The Morgan fingerprint density at radius 3 is 2.69 bits per heavy atom. The van der Waals surface area contributed by atoms with E-state index in [0.29, 0.717) is 23.5 Å². The molecule has 0 radical (unpaired) electrons. The number of nitrogens with zero attached hydrogens (tertiary/aromatic N) is 4. The normalized spacial score (nSPS) is 34.6. The lowest BCUT2D eigenvalue weighted by molar-refractivity contribution is -0.0511.